The molecule has 0 spiro atoms. The predicted octanol–water partition coefficient (Wildman–Crippen LogP) is 3.48. The van der Waals surface area contributed by atoms with Crippen LogP contribution in [-0.2, 0) is 16.0 Å². The number of fused-ring (bicyclic) bond motifs is 1. The summed E-state index contributed by atoms with van der Waals surface area (Å²) in [7, 11) is 0. The molecule has 0 atom stereocenters. The first-order valence-corrected chi connectivity index (χ1v) is 11.4. The molecule has 174 valence electrons. The van der Waals surface area contributed by atoms with Crippen LogP contribution in [0.15, 0.2) is 42.5 Å². The van der Waals surface area contributed by atoms with Crippen LogP contribution in [0.1, 0.15) is 42.1 Å². The molecule has 33 heavy (non-hydrogen) atoms. The Morgan fingerprint density at radius 1 is 0.970 bits per heavy atom. The minimum Gasteiger partial charge on any atom is -0.486 e. The monoisotopic (exact) mass is 451 g/mol. The summed E-state index contributed by atoms with van der Waals surface area (Å²) >= 11 is 0. The van der Waals surface area contributed by atoms with Gasteiger partial charge in [0.05, 0.1) is 0 Å². The van der Waals surface area contributed by atoms with E-state index in [4.69, 9.17) is 14.2 Å². The number of likely N-dealkylation sites (tertiary alicyclic amines) is 1. The van der Waals surface area contributed by atoms with Gasteiger partial charge in [0.15, 0.2) is 23.9 Å². The Kier molecular flexibility index (Phi) is 7.27. The van der Waals surface area contributed by atoms with Gasteiger partial charge in [0, 0.05) is 31.0 Å². The van der Waals surface area contributed by atoms with E-state index in [0.29, 0.717) is 74.8 Å². The fourth-order valence-electron chi connectivity index (χ4n) is 4.13. The van der Waals surface area contributed by atoms with Crippen molar-refractivity contribution in [3.63, 3.8) is 0 Å². The minimum absolute atomic E-state index is 0.0342. The normalized spacial score (nSPS) is 15.7. The quantitative estimate of drug-likeness (QED) is 0.572. The van der Waals surface area contributed by atoms with E-state index in [-0.39, 0.29) is 30.0 Å². The van der Waals surface area contributed by atoms with Crippen LogP contribution in [0.5, 0.6) is 17.2 Å². The van der Waals surface area contributed by atoms with Gasteiger partial charge in [-0.25, -0.2) is 0 Å². The number of carbonyl (C=O) groups is 3. The molecule has 1 amide bonds. The zero-order valence-corrected chi connectivity index (χ0v) is 18.9. The van der Waals surface area contributed by atoms with Crippen molar-refractivity contribution in [3.8, 4) is 17.2 Å². The molecule has 7 heteroatoms. The number of carbonyl (C=O) groups excluding carboxylic acids is 3. The zero-order chi connectivity index (χ0) is 23.2. The van der Waals surface area contributed by atoms with Crippen molar-refractivity contribution in [1.29, 1.82) is 0 Å². The SMILES string of the molecule is CC(=O)CCc1ccc(OCC(=O)N2CCC(C(=O)c3ccc4c(c3)OCCO4)CC2)cc1. The molecule has 0 aromatic heterocycles. The van der Waals surface area contributed by atoms with E-state index in [9.17, 15) is 14.4 Å². The van der Waals surface area contributed by atoms with Gasteiger partial charge in [0.1, 0.15) is 24.7 Å². The number of Topliss-reactive ketones (excluding diaryl/α,β-unsaturated/α-hetero) is 2. The van der Waals surface area contributed by atoms with Crippen molar-refractivity contribution in [1.82, 2.24) is 4.90 Å². The molecule has 4 rings (SSSR count). The second kappa shape index (κ2) is 10.5. The Balaban J connectivity index is 1.23. The van der Waals surface area contributed by atoms with Crippen LogP contribution in [0, 0.1) is 5.92 Å². The number of piperidine rings is 1. The lowest BCUT2D eigenvalue weighted by molar-refractivity contribution is -0.134. The standard InChI is InChI=1S/C26H29NO6/c1-18(28)2-3-19-4-7-22(8-5-19)33-17-25(29)27-12-10-20(11-13-27)26(30)21-6-9-23-24(16-21)32-15-14-31-23/h4-9,16,20H,2-3,10-15,17H2,1H3. The van der Waals surface area contributed by atoms with Crippen LogP contribution in [0.25, 0.3) is 0 Å². The molecule has 2 heterocycles. The highest BCUT2D eigenvalue weighted by Crippen LogP contribution is 2.32. The van der Waals surface area contributed by atoms with Gasteiger partial charge in [-0.15, -0.1) is 0 Å². The maximum absolute atomic E-state index is 12.9. The molecule has 7 nitrogen and oxygen atoms in total. The highest BCUT2D eigenvalue weighted by Gasteiger charge is 2.29. The molecule has 0 bridgehead atoms. The fraction of sp³-hybridized carbons (Fsp3) is 0.423. The number of rotatable bonds is 8. The number of ether oxygens (including phenoxy) is 3. The van der Waals surface area contributed by atoms with Crippen molar-refractivity contribution >= 4 is 17.5 Å². The Morgan fingerprint density at radius 2 is 1.67 bits per heavy atom. The summed E-state index contributed by atoms with van der Waals surface area (Å²) in [4.78, 5) is 38.4. The fourth-order valence-corrected chi connectivity index (χ4v) is 4.13. The number of hydrogen-bond donors (Lipinski definition) is 0. The minimum atomic E-state index is -0.111. The molecule has 0 saturated carbocycles. The van der Waals surface area contributed by atoms with E-state index in [2.05, 4.69) is 0 Å². The lowest BCUT2D eigenvalue weighted by atomic mass is 9.88. The van der Waals surface area contributed by atoms with E-state index in [1.54, 1.807) is 30.0 Å². The molecular formula is C26H29NO6. The molecule has 2 aromatic rings. The van der Waals surface area contributed by atoms with E-state index < -0.39 is 0 Å². The number of aryl methyl sites for hydroxylation is 1. The zero-order valence-electron chi connectivity index (χ0n) is 18.9. The molecule has 0 N–H and O–H groups in total. The summed E-state index contributed by atoms with van der Waals surface area (Å²) in [6, 6.07) is 12.8. The number of amides is 1. The Labute approximate surface area is 193 Å². The van der Waals surface area contributed by atoms with E-state index in [1.165, 1.54) is 0 Å². The second-order valence-corrected chi connectivity index (χ2v) is 8.51. The largest absolute Gasteiger partial charge is 0.486 e. The number of nitrogens with zero attached hydrogens (tertiary/aromatic N) is 1. The summed E-state index contributed by atoms with van der Waals surface area (Å²) in [5, 5.41) is 0. The predicted molar refractivity (Wildman–Crippen MR) is 122 cm³/mol. The third-order valence-corrected chi connectivity index (χ3v) is 6.10. The van der Waals surface area contributed by atoms with Gasteiger partial charge in [0.25, 0.3) is 5.91 Å². The topological polar surface area (TPSA) is 82.1 Å². The van der Waals surface area contributed by atoms with Crippen LogP contribution in [0.3, 0.4) is 0 Å². The van der Waals surface area contributed by atoms with Crippen LogP contribution in [0.4, 0.5) is 0 Å². The summed E-state index contributed by atoms with van der Waals surface area (Å²) < 4.78 is 16.8. The van der Waals surface area contributed by atoms with Crippen molar-refractivity contribution in [2.75, 3.05) is 32.9 Å². The highest BCUT2D eigenvalue weighted by atomic mass is 16.6. The number of benzene rings is 2. The van der Waals surface area contributed by atoms with Crippen molar-refractivity contribution < 1.29 is 28.6 Å². The van der Waals surface area contributed by atoms with Crippen LogP contribution >= 0.6 is 0 Å². The molecule has 0 unspecified atom stereocenters. The molecule has 2 aliphatic heterocycles. The number of hydrogen-bond acceptors (Lipinski definition) is 6. The maximum Gasteiger partial charge on any atom is 0.260 e. The lowest BCUT2D eigenvalue weighted by Gasteiger charge is -2.31. The van der Waals surface area contributed by atoms with Crippen LogP contribution in [0.2, 0.25) is 0 Å². The molecule has 2 aromatic carbocycles. The summed E-state index contributed by atoms with van der Waals surface area (Å²) in [5.74, 6) is 1.96. The molecule has 1 saturated heterocycles. The van der Waals surface area contributed by atoms with Crippen LogP contribution in [-0.4, -0.2) is 55.3 Å². The smallest absolute Gasteiger partial charge is 0.260 e. The first kappa shape index (κ1) is 22.8. The van der Waals surface area contributed by atoms with Gasteiger partial charge in [-0.2, -0.15) is 0 Å². The summed E-state index contributed by atoms with van der Waals surface area (Å²) in [6.45, 7) is 3.62. The number of ketones is 2. The van der Waals surface area contributed by atoms with E-state index >= 15 is 0 Å². The van der Waals surface area contributed by atoms with E-state index in [0.717, 1.165) is 5.56 Å². The van der Waals surface area contributed by atoms with Gasteiger partial charge < -0.3 is 23.9 Å². The first-order chi connectivity index (χ1) is 16.0. The average molecular weight is 452 g/mol. The van der Waals surface area contributed by atoms with Crippen molar-refractivity contribution in [2.45, 2.75) is 32.6 Å². The third kappa shape index (κ3) is 5.92. The molecule has 2 aliphatic rings. The van der Waals surface area contributed by atoms with Crippen molar-refractivity contribution in [3.05, 3.63) is 53.6 Å². The van der Waals surface area contributed by atoms with Gasteiger partial charge in [-0.1, -0.05) is 12.1 Å². The maximum atomic E-state index is 12.9. The molecule has 0 radical (unpaired) electrons. The van der Waals surface area contributed by atoms with Gasteiger partial charge in [-0.3, -0.25) is 9.59 Å². The first-order valence-electron chi connectivity index (χ1n) is 11.4. The molecule has 0 aliphatic carbocycles. The Hall–Kier alpha value is -3.35. The van der Waals surface area contributed by atoms with E-state index in [1.807, 2.05) is 24.3 Å². The Morgan fingerprint density at radius 3 is 2.36 bits per heavy atom. The van der Waals surface area contributed by atoms with Crippen molar-refractivity contribution in [2.24, 2.45) is 5.92 Å². The lowest BCUT2D eigenvalue weighted by Crippen LogP contribution is -2.42. The van der Waals surface area contributed by atoms with Gasteiger partial charge >= 0.3 is 0 Å². The summed E-state index contributed by atoms with van der Waals surface area (Å²) in [6.07, 6.45) is 2.48. The van der Waals surface area contributed by atoms with Crippen LogP contribution < -0.4 is 14.2 Å². The average Bonchev–Trinajstić information content (AvgIpc) is 2.86. The Bertz CT molecular complexity index is 1010. The summed E-state index contributed by atoms with van der Waals surface area (Å²) in [5.41, 5.74) is 1.69. The third-order valence-electron chi connectivity index (χ3n) is 6.10. The highest BCUT2D eigenvalue weighted by molar-refractivity contribution is 5.98. The molecular weight excluding hydrogens is 422 g/mol. The second-order valence-electron chi connectivity index (χ2n) is 8.51. The van der Waals surface area contributed by atoms with Gasteiger partial charge in [-0.05, 0) is 62.1 Å². The molecule has 1 fully saturated rings. The van der Waals surface area contributed by atoms with Gasteiger partial charge in [0.2, 0.25) is 0 Å².